The van der Waals surface area contributed by atoms with Crippen molar-refractivity contribution in [3.63, 3.8) is 0 Å². The van der Waals surface area contributed by atoms with Crippen LogP contribution in [0.1, 0.15) is 41.6 Å². The van der Waals surface area contributed by atoms with Crippen LogP contribution in [-0.4, -0.2) is 51.8 Å². The number of aromatic nitrogens is 3. The first-order valence-corrected chi connectivity index (χ1v) is 11.5. The number of methoxy groups -OCH3 is 1. The third-order valence-electron chi connectivity index (χ3n) is 6.59. The fourth-order valence-corrected chi connectivity index (χ4v) is 4.73. The van der Waals surface area contributed by atoms with E-state index in [1.54, 1.807) is 11.8 Å². The lowest BCUT2D eigenvalue weighted by atomic mass is 9.99. The largest absolute Gasteiger partial charge is 0.479 e. The van der Waals surface area contributed by atoms with Gasteiger partial charge in [-0.3, -0.25) is 9.69 Å². The summed E-state index contributed by atoms with van der Waals surface area (Å²) < 4.78 is 20.2. The Balaban J connectivity index is 1.30. The zero-order valence-electron chi connectivity index (χ0n) is 19.8. The number of likely N-dealkylation sites (tertiary alicyclic amines) is 1. The second-order valence-corrected chi connectivity index (χ2v) is 8.88. The number of benzene rings is 1. The predicted octanol–water partition coefficient (Wildman–Crippen LogP) is 3.45. The number of aryl methyl sites for hydroxylation is 3. The first-order chi connectivity index (χ1) is 15.9. The number of rotatable bonds is 7. The van der Waals surface area contributed by atoms with Crippen molar-refractivity contribution in [3.8, 4) is 5.88 Å². The van der Waals surface area contributed by atoms with Gasteiger partial charge < -0.3 is 10.1 Å². The summed E-state index contributed by atoms with van der Waals surface area (Å²) in [5.74, 6) is 0.431. The zero-order chi connectivity index (χ0) is 23.5. The Bertz CT molecular complexity index is 1130. The van der Waals surface area contributed by atoms with Crippen LogP contribution in [0.4, 0.5) is 4.39 Å². The van der Waals surface area contributed by atoms with E-state index < -0.39 is 0 Å². The van der Waals surface area contributed by atoms with Crippen LogP contribution in [0.15, 0.2) is 24.3 Å². The Morgan fingerprint density at radius 3 is 2.58 bits per heavy atom. The van der Waals surface area contributed by atoms with Gasteiger partial charge in [-0.25, -0.2) is 14.1 Å². The van der Waals surface area contributed by atoms with Crippen molar-refractivity contribution in [2.24, 2.45) is 7.05 Å². The number of carbonyl (C=O) groups is 1. The second kappa shape index (κ2) is 9.87. The van der Waals surface area contributed by atoms with Gasteiger partial charge in [-0.15, -0.1) is 5.10 Å². The van der Waals surface area contributed by atoms with Crippen LogP contribution in [0, 0.1) is 19.7 Å². The highest BCUT2D eigenvalue weighted by atomic mass is 19.1. The molecule has 1 aliphatic heterocycles. The smallest absolute Gasteiger partial charge is 0.242 e. The standard InChI is InChI=1S/C25H32FN5O2/c1-16-21(17(2)27-24-23(16)25(33-4)29-30(24)3)9-10-22(32)28-20-11-13-31(14-12-20)15-18-5-7-19(26)8-6-18/h5-8,20H,9-15H2,1-4H3,(H,28,32). The molecule has 3 aromatic rings. The molecule has 4 rings (SSSR count). The summed E-state index contributed by atoms with van der Waals surface area (Å²) in [6.45, 7) is 6.68. The fourth-order valence-electron chi connectivity index (χ4n) is 4.73. The Morgan fingerprint density at radius 2 is 1.91 bits per heavy atom. The average Bonchev–Trinajstić information content (AvgIpc) is 3.12. The number of halogens is 1. The minimum Gasteiger partial charge on any atom is -0.479 e. The van der Waals surface area contributed by atoms with E-state index in [4.69, 9.17) is 9.72 Å². The molecule has 1 aliphatic rings. The van der Waals surface area contributed by atoms with Crippen LogP contribution in [0.3, 0.4) is 0 Å². The van der Waals surface area contributed by atoms with Crippen molar-refractivity contribution < 1.29 is 13.9 Å². The molecule has 0 saturated carbocycles. The normalized spacial score (nSPS) is 15.2. The highest BCUT2D eigenvalue weighted by Crippen LogP contribution is 2.30. The van der Waals surface area contributed by atoms with Gasteiger partial charge in [-0.05, 0) is 61.9 Å². The van der Waals surface area contributed by atoms with Gasteiger partial charge in [0.15, 0.2) is 5.65 Å². The Morgan fingerprint density at radius 1 is 1.21 bits per heavy atom. The molecule has 176 valence electrons. The number of pyridine rings is 1. The first kappa shape index (κ1) is 23.2. The molecule has 2 aromatic heterocycles. The van der Waals surface area contributed by atoms with E-state index in [0.29, 0.717) is 18.7 Å². The fraction of sp³-hybridized carbons (Fsp3) is 0.480. The molecule has 1 amide bonds. The highest BCUT2D eigenvalue weighted by molar-refractivity contribution is 5.86. The van der Waals surface area contributed by atoms with Crippen molar-refractivity contribution in [1.82, 2.24) is 25.0 Å². The van der Waals surface area contributed by atoms with Crippen molar-refractivity contribution in [2.45, 2.75) is 52.1 Å². The number of ether oxygens (including phenoxy) is 1. The number of amides is 1. The summed E-state index contributed by atoms with van der Waals surface area (Å²) in [6.07, 6.45) is 2.90. The Hall–Kier alpha value is -3.00. The molecule has 33 heavy (non-hydrogen) atoms. The van der Waals surface area contributed by atoms with Crippen LogP contribution >= 0.6 is 0 Å². The van der Waals surface area contributed by atoms with E-state index in [1.807, 2.05) is 33.0 Å². The molecule has 0 radical (unpaired) electrons. The van der Waals surface area contributed by atoms with Crippen molar-refractivity contribution in [3.05, 3.63) is 52.5 Å². The molecule has 0 spiro atoms. The van der Waals surface area contributed by atoms with Crippen LogP contribution in [0.25, 0.3) is 11.0 Å². The number of piperidine rings is 1. The molecule has 1 fully saturated rings. The number of nitrogens with zero attached hydrogens (tertiary/aromatic N) is 4. The van der Waals surface area contributed by atoms with Gasteiger partial charge >= 0.3 is 0 Å². The van der Waals surface area contributed by atoms with E-state index >= 15 is 0 Å². The van der Waals surface area contributed by atoms with Gasteiger partial charge in [-0.2, -0.15) is 0 Å². The topological polar surface area (TPSA) is 72.3 Å². The number of nitrogens with one attached hydrogen (secondary N) is 1. The Kier molecular flexibility index (Phi) is 6.93. The minimum absolute atomic E-state index is 0.0732. The van der Waals surface area contributed by atoms with Crippen LogP contribution in [0.5, 0.6) is 5.88 Å². The molecule has 1 saturated heterocycles. The lowest BCUT2D eigenvalue weighted by molar-refractivity contribution is -0.122. The number of hydrogen-bond acceptors (Lipinski definition) is 5. The van der Waals surface area contributed by atoms with Gasteiger partial charge in [0.1, 0.15) is 5.82 Å². The molecule has 1 aromatic carbocycles. The molecule has 0 unspecified atom stereocenters. The van der Waals surface area contributed by atoms with Gasteiger partial charge in [0.05, 0.1) is 12.5 Å². The molecular formula is C25H32FN5O2. The summed E-state index contributed by atoms with van der Waals surface area (Å²) in [7, 11) is 3.47. The number of fused-ring (bicyclic) bond motifs is 1. The maximum atomic E-state index is 13.1. The lowest BCUT2D eigenvalue weighted by Crippen LogP contribution is -2.44. The van der Waals surface area contributed by atoms with Crippen LogP contribution in [0.2, 0.25) is 0 Å². The van der Waals surface area contributed by atoms with E-state index in [2.05, 4.69) is 15.3 Å². The van der Waals surface area contributed by atoms with Gasteiger partial charge in [0, 0.05) is 44.8 Å². The third kappa shape index (κ3) is 5.16. The Labute approximate surface area is 193 Å². The minimum atomic E-state index is -0.208. The summed E-state index contributed by atoms with van der Waals surface area (Å²) in [5, 5.41) is 8.51. The first-order valence-electron chi connectivity index (χ1n) is 11.5. The molecule has 0 aliphatic carbocycles. The van der Waals surface area contributed by atoms with Gasteiger partial charge in [0.25, 0.3) is 0 Å². The third-order valence-corrected chi connectivity index (χ3v) is 6.59. The van der Waals surface area contributed by atoms with Gasteiger partial charge in [0.2, 0.25) is 11.8 Å². The maximum Gasteiger partial charge on any atom is 0.242 e. The summed E-state index contributed by atoms with van der Waals surface area (Å²) in [6, 6.07) is 6.87. The number of carbonyl (C=O) groups excluding carboxylic acids is 1. The summed E-state index contributed by atoms with van der Waals surface area (Å²) in [4.78, 5) is 19.7. The van der Waals surface area contributed by atoms with E-state index in [1.165, 1.54) is 12.1 Å². The second-order valence-electron chi connectivity index (χ2n) is 8.88. The predicted molar refractivity (Wildman–Crippen MR) is 126 cm³/mol. The molecule has 3 heterocycles. The molecule has 1 N–H and O–H groups in total. The molecule has 7 nitrogen and oxygen atoms in total. The molecular weight excluding hydrogens is 421 g/mol. The SMILES string of the molecule is COc1nn(C)c2nc(C)c(CCC(=O)NC3CCN(Cc4ccc(F)cc4)CC3)c(C)c12. The van der Waals surface area contributed by atoms with Crippen molar-refractivity contribution in [1.29, 1.82) is 0 Å². The number of hydrogen-bond donors (Lipinski definition) is 1. The maximum absolute atomic E-state index is 13.1. The monoisotopic (exact) mass is 453 g/mol. The van der Waals surface area contributed by atoms with Crippen LogP contribution in [-0.2, 0) is 24.8 Å². The molecule has 0 atom stereocenters. The van der Waals surface area contributed by atoms with E-state index in [9.17, 15) is 9.18 Å². The highest BCUT2D eigenvalue weighted by Gasteiger charge is 2.22. The van der Waals surface area contributed by atoms with Crippen molar-refractivity contribution >= 4 is 16.9 Å². The van der Waals surface area contributed by atoms with Crippen molar-refractivity contribution in [2.75, 3.05) is 20.2 Å². The summed E-state index contributed by atoms with van der Waals surface area (Å²) in [5.41, 5.74) is 4.98. The quantitative estimate of drug-likeness (QED) is 0.593. The van der Waals surface area contributed by atoms with E-state index in [-0.39, 0.29) is 17.8 Å². The zero-order valence-corrected chi connectivity index (χ0v) is 19.8. The van der Waals surface area contributed by atoms with Crippen LogP contribution < -0.4 is 10.1 Å². The van der Waals surface area contributed by atoms with E-state index in [0.717, 1.165) is 65.9 Å². The molecule has 8 heteroatoms. The average molecular weight is 454 g/mol. The summed E-state index contributed by atoms with van der Waals surface area (Å²) >= 11 is 0. The lowest BCUT2D eigenvalue weighted by Gasteiger charge is -2.32. The molecule has 0 bridgehead atoms. The van der Waals surface area contributed by atoms with Gasteiger partial charge in [-0.1, -0.05) is 12.1 Å².